The van der Waals surface area contributed by atoms with Gasteiger partial charge in [-0.3, -0.25) is 0 Å². The van der Waals surface area contributed by atoms with Gasteiger partial charge in [0.1, 0.15) is 0 Å². The van der Waals surface area contributed by atoms with Gasteiger partial charge in [0.05, 0.1) is 38.6 Å². The van der Waals surface area contributed by atoms with Crippen LogP contribution < -0.4 is 0 Å². The van der Waals surface area contributed by atoms with Gasteiger partial charge in [-0.2, -0.15) is 0 Å². The lowest BCUT2D eigenvalue weighted by molar-refractivity contribution is 1.18. The molecule has 0 amide bonds. The lowest BCUT2D eigenvalue weighted by atomic mass is 9.89. The number of benzene rings is 21. The fourth-order valence-corrected chi connectivity index (χ4v) is 20.6. The van der Waals surface area contributed by atoms with Crippen LogP contribution >= 0.6 is 47.8 Å². The molecular formula is C122H78Br3N5. The smallest absolute Gasteiger partial charge is 0.160 e. The summed E-state index contributed by atoms with van der Waals surface area (Å²) in [5, 5.41) is 16.2. The van der Waals surface area contributed by atoms with E-state index < -0.39 is 0 Å². The van der Waals surface area contributed by atoms with Gasteiger partial charge in [-0.25, -0.2) is 9.97 Å². The van der Waals surface area contributed by atoms with Crippen molar-refractivity contribution in [3.05, 3.63) is 487 Å². The van der Waals surface area contributed by atoms with E-state index in [1.807, 2.05) is 30.5 Å². The molecule has 0 radical (unpaired) electrons. The number of aromatic nitrogens is 5. The summed E-state index contributed by atoms with van der Waals surface area (Å²) < 4.78 is 10.3. The number of halogens is 3. The molecule has 25 aromatic rings. The van der Waals surface area contributed by atoms with Gasteiger partial charge in [0.2, 0.25) is 0 Å². The molecule has 0 aliphatic heterocycles. The summed E-state index contributed by atoms with van der Waals surface area (Å²) in [5.74, 6) is 0.697. The van der Waals surface area contributed by atoms with Crippen LogP contribution in [0.25, 0.3) is 226 Å². The molecule has 0 N–H and O–H groups in total. The third-order valence-corrected chi connectivity index (χ3v) is 27.1. The van der Waals surface area contributed by atoms with Crippen LogP contribution in [0.4, 0.5) is 0 Å². The molecule has 0 unspecified atom stereocenters. The monoisotopic (exact) mass is 1850 g/mol. The molecular weight excluding hydrogens is 1780 g/mol. The lowest BCUT2D eigenvalue weighted by Gasteiger charge is -2.15. The Morgan fingerprint density at radius 2 is 0.585 bits per heavy atom. The summed E-state index contributed by atoms with van der Waals surface area (Å²) in [7, 11) is 0. The van der Waals surface area contributed by atoms with E-state index in [2.05, 4.69) is 504 Å². The minimum absolute atomic E-state index is 0.697. The second kappa shape index (κ2) is 34.1. The Kier molecular flexibility index (Phi) is 20.8. The summed E-state index contributed by atoms with van der Waals surface area (Å²) >= 11 is 11.2. The molecule has 8 heteroatoms. The van der Waals surface area contributed by atoms with Crippen LogP contribution in [0.1, 0.15) is 0 Å². The SMILES string of the molecule is Brc1cc(-c2ccccc2)cc(-c2ccccc2-c2ccc3c4ccccc4n(-c4ccccc4)c3c2)c1.Brc1ccc(-c2ccc(-c3cccc4ccccc34)cc2-c2ccc3c4ccccc4n(-c4ccccc4)c3c2)cc1.Brc1ccc(-c2ccccc2-c2ccc3c4c5ccccc5c5ccccc5c4n(-c4ccccc4)c3c2)cc1-c1ncc2ccccc2n1. The van der Waals surface area contributed by atoms with Gasteiger partial charge in [0.25, 0.3) is 0 Å². The standard InChI is InChI=1S/C46H28BrN3.C40H26BrN.C36H24BrN/c47-41-25-23-29(26-40(41)46-48-28-31-12-4-11-21-42(31)49-46)33-15-5-6-16-34(33)30-22-24-39-43(27-30)50(32-13-2-1-3-14-32)45-38-20-10-8-18-36(38)35-17-7-9-19-37(35)44(39)45;41-31-21-17-28(18-22-31)35-23-19-29(34-15-8-10-27-9-4-5-13-33(27)34)25-38(35)30-20-24-37-36-14-6-7-16-39(36)42(40(37)26-30)32-11-2-1-3-12-32;37-29-22-27(25-11-3-1-4-12-25)21-28(23-29)32-16-8-7-15-31(32)26-19-20-34-33-17-9-10-18-35(33)38(36(34)24-26)30-13-5-2-6-14-30/h1-28H;1-26H;1-24H. The van der Waals surface area contributed by atoms with Crippen molar-refractivity contribution in [1.29, 1.82) is 0 Å². The lowest BCUT2D eigenvalue weighted by Crippen LogP contribution is -1.95. The van der Waals surface area contributed by atoms with Gasteiger partial charge in [0.15, 0.2) is 5.82 Å². The van der Waals surface area contributed by atoms with E-state index in [0.717, 1.165) is 52.3 Å². The Balaban J connectivity index is 0.000000112. The van der Waals surface area contributed by atoms with Crippen LogP contribution in [0, 0.1) is 0 Å². The molecule has 4 heterocycles. The Labute approximate surface area is 777 Å². The van der Waals surface area contributed by atoms with E-state index >= 15 is 0 Å². The van der Waals surface area contributed by atoms with Crippen molar-refractivity contribution in [2.45, 2.75) is 0 Å². The predicted molar refractivity (Wildman–Crippen MR) is 560 cm³/mol. The first-order chi connectivity index (χ1) is 64.2. The van der Waals surface area contributed by atoms with Crippen molar-refractivity contribution in [2.24, 2.45) is 0 Å². The Bertz CT molecular complexity index is 8690. The molecule has 0 spiro atoms. The number of hydrogen-bond acceptors (Lipinski definition) is 2. The highest BCUT2D eigenvalue weighted by Crippen LogP contribution is 2.48. The van der Waals surface area contributed by atoms with Gasteiger partial charge < -0.3 is 13.7 Å². The molecule has 0 saturated heterocycles. The molecule has 4 aromatic heterocycles. The first-order valence-corrected chi connectivity index (χ1v) is 46.2. The third kappa shape index (κ3) is 14.5. The summed E-state index contributed by atoms with van der Waals surface area (Å²) in [5.41, 5.74) is 31.8. The molecule has 5 nitrogen and oxygen atoms in total. The molecule has 0 saturated carbocycles. The van der Waals surface area contributed by atoms with Gasteiger partial charge >= 0.3 is 0 Å². The van der Waals surface area contributed by atoms with Crippen molar-refractivity contribution in [3.8, 4) is 117 Å². The first kappa shape index (κ1) is 79.2. The predicted octanol–water partition coefficient (Wildman–Crippen LogP) is 35.0. The maximum absolute atomic E-state index is 4.91. The first-order valence-electron chi connectivity index (χ1n) is 43.8. The molecule has 21 aromatic carbocycles. The maximum atomic E-state index is 4.91. The van der Waals surface area contributed by atoms with Crippen LogP contribution in [-0.2, 0) is 0 Å². The zero-order chi connectivity index (χ0) is 86.7. The largest absolute Gasteiger partial charge is 0.309 e. The molecule has 612 valence electrons. The zero-order valence-corrected chi connectivity index (χ0v) is 75.2. The van der Waals surface area contributed by atoms with E-state index in [0.29, 0.717) is 5.82 Å². The minimum atomic E-state index is 0.697. The second-order valence-corrected chi connectivity index (χ2v) is 35.7. The molecule has 0 aliphatic rings. The second-order valence-electron chi connectivity index (χ2n) is 33.0. The van der Waals surface area contributed by atoms with Gasteiger partial charge in [-0.05, 0) is 237 Å². The Morgan fingerprint density at radius 3 is 1.19 bits per heavy atom. The van der Waals surface area contributed by atoms with E-state index in [-0.39, 0.29) is 0 Å². The van der Waals surface area contributed by atoms with E-state index in [9.17, 15) is 0 Å². The molecule has 25 rings (SSSR count). The summed E-state index contributed by atoms with van der Waals surface area (Å²) in [4.78, 5) is 9.66. The van der Waals surface area contributed by atoms with E-state index in [1.54, 1.807) is 0 Å². The number of hydrogen-bond donors (Lipinski definition) is 0. The van der Waals surface area contributed by atoms with Crippen LogP contribution in [0.5, 0.6) is 0 Å². The van der Waals surface area contributed by atoms with Crippen LogP contribution in [0.2, 0.25) is 0 Å². The molecule has 0 bridgehead atoms. The number of fused-ring (bicyclic) bond motifs is 16. The normalized spacial score (nSPS) is 11.5. The molecule has 0 aliphatic carbocycles. The van der Waals surface area contributed by atoms with Crippen LogP contribution in [0.3, 0.4) is 0 Å². The van der Waals surface area contributed by atoms with Gasteiger partial charge in [-0.1, -0.05) is 394 Å². The molecule has 0 fully saturated rings. The summed E-state index contributed by atoms with van der Waals surface area (Å²) in [6.07, 6.45) is 1.90. The highest BCUT2D eigenvalue weighted by molar-refractivity contribution is 9.11. The molecule has 130 heavy (non-hydrogen) atoms. The highest BCUT2D eigenvalue weighted by Gasteiger charge is 2.24. The highest BCUT2D eigenvalue weighted by atomic mass is 79.9. The van der Waals surface area contributed by atoms with Crippen molar-refractivity contribution in [2.75, 3.05) is 0 Å². The molecule has 0 atom stereocenters. The van der Waals surface area contributed by atoms with Crippen molar-refractivity contribution in [3.63, 3.8) is 0 Å². The Morgan fingerprint density at radius 1 is 0.192 bits per heavy atom. The van der Waals surface area contributed by atoms with Crippen molar-refractivity contribution >= 4 is 156 Å². The van der Waals surface area contributed by atoms with Crippen molar-refractivity contribution < 1.29 is 0 Å². The average Bonchev–Trinajstić information content (AvgIpc) is 1.55. The number of rotatable bonds is 12. The fourth-order valence-electron chi connectivity index (χ4n) is 19.5. The number of nitrogens with zero attached hydrogens (tertiary/aromatic N) is 5. The quantitative estimate of drug-likeness (QED) is 0.114. The zero-order valence-electron chi connectivity index (χ0n) is 70.4. The van der Waals surface area contributed by atoms with Crippen LogP contribution in [0.15, 0.2) is 487 Å². The Hall–Kier alpha value is -15.4. The van der Waals surface area contributed by atoms with Gasteiger partial charge in [0, 0.05) is 85.3 Å². The summed E-state index contributed by atoms with van der Waals surface area (Å²) in [6, 6.07) is 168. The van der Waals surface area contributed by atoms with Gasteiger partial charge in [-0.15, -0.1) is 0 Å². The van der Waals surface area contributed by atoms with E-state index in [1.165, 1.54) is 181 Å². The third-order valence-electron chi connectivity index (χ3n) is 25.4. The van der Waals surface area contributed by atoms with E-state index in [4.69, 9.17) is 9.97 Å². The van der Waals surface area contributed by atoms with Crippen LogP contribution in [-0.4, -0.2) is 23.7 Å². The topological polar surface area (TPSA) is 40.6 Å². The van der Waals surface area contributed by atoms with Crippen molar-refractivity contribution in [1.82, 2.24) is 23.7 Å². The summed E-state index contributed by atoms with van der Waals surface area (Å²) in [6.45, 7) is 0. The minimum Gasteiger partial charge on any atom is -0.309 e. The average molecular weight is 1850 g/mol. The number of para-hydroxylation sites is 6. The fraction of sp³-hybridized carbons (Fsp3) is 0. The maximum Gasteiger partial charge on any atom is 0.160 e.